The minimum atomic E-state index is -0.897. The van der Waals surface area contributed by atoms with Crippen LogP contribution in [0, 0.1) is 0 Å². The normalized spacial score (nSPS) is 12.1. The Kier molecular flexibility index (Phi) is 7.52. The molecule has 1 unspecified atom stereocenters. The number of hydrogen-bond acceptors (Lipinski definition) is 6. The Hall–Kier alpha value is -3.16. The number of para-hydroxylation sites is 1. The van der Waals surface area contributed by atoms with Crippen LogP contribution in [0.5, 0.6) is 0 Å². The molecule has 0 aliphatic carbocycles. The molecular weight excluding hydrogens is 374 g/mol. The van der Waals surface area contributed by atoms with E-state index in [-0.39, 0.29) is 19.6 Å². The molecule has 0 aliphatic rings. The molecule has 29 heavy (non-hydrogen) atoms. The van der Waals surface area contributed by atoms with E-state index in [9.17, 15) is 14.4 Å². The van der Waals surface area contributed by atoms with Gasteiger partial charge < -0.3 is 20.1 Å². The molecule has 2 amide bonds. The molecule has 0 aliphatic heterocycles. The quantitative estimate of drug-likeness (QED) is 0.690. The first-order chi connectivity index (χ1) is 13.7. The van der Waals surface area contributed by atoms with Crippen molar-refractivity contribution < 1.29 is 23.9 Å². The molecule has 0 saturated heterocycles. The fraction of sp³-hybridized carbons (Fsp3) is 0.429. The predicted octanol–water partition coefficient (Wildman–Crippen LogP) is 2.35. The van der Waals surface area contributed by atoms with Crippen LogP contribution >= 0.6 is 0 Å². The number of hydrogen-bond donors (Lipinski definition) is 2. The monoisotopic (exact) mass is 401 g/mol. The molecule has 156 valence electrons. The largest absolute Gasteiger partial charge is 0.464 e. The minimum absolute atomic E-state index is 0.192. The lowest BCUT2D eigenvalue weighted by Gasteiger charge is -2.20. The van der Waals surface area contributed by atoms with Crippen LogP contribution in [0.15, 0.2) is 36.5 Å². The number of rotatable bonds is 7. The van der Waals surface area contributed by atoms with E-state index in [0.29, 0.717) is 0 Å². The number of nitrogens with zero attached hydrogens (tertiary/aromatic N) is 1. The number of ether oxygens (including phenoxy) is 2. The van der Waals surface area contributed by atoms with Crippen molar-refractivity contribution in [2.75, 3.05) is 13.2 Å². The standard InChI is InChI=1S/C21H27N3O5/c1-5-28-19(26)17(24-18(25)13-23-20(27)29-21(2,3)4)11-14-10-15-8-6-7-9-16(15)22-12-14/h6-10,12,17H,5,11,13H2,1-4H3,(H,23,27)(H,24,25). The van der Waals surface area contributed by atoms with Crippen LogP contribution in [-0.2, 0) is 25.5 Å². The van der Waals surface area contributed by atoms with Crippen LogP contribution < -0.4 is 10.6 Å². The number of carbonyl (C=O) groups is 3. The molecule has 2 aromatic rings. The third-order valence-corrected chi connectivity index (χ3v) is 3.79. The summed E-state index contributed by atoms with van der Waals surface area (Å²) in [6, 6.07) is 8.64. The van der Waals surface area contributed by atoms with Crippen LogP contribution in [0.1, 0.15) is 33.3 Å². The molecule has 0 spiro atoms. The highest BCUT2D eigenvalue weighted by Gasteiger charge is 2.23. The summed E-state index contributed by atoms with van der Waals surface area (Å²) < 4.78 is 10.2. The van der Waals surface area contributed by atoms with Crippen LogP contribution in [0.25, 0.3) is 10.9 Å². The van der Waals surface area contributed by atoms with Gasteiger partial charge in [-0.25, -0.2) is 9.59 Å². The summed E-state index contributed by atoms with van der Waals surface area (Å²) in [6.45, 7) is 6.74. The van der Waals surface area contributed by atoms with E-state index in [1.54, 1.807) is 33.9 Å². The van der Waals surface area contributed by atoms with Gasteiger partial charge in [0.15, 0.2) is 0 Å². The fourth-order valence-corrected chi connectivity index (χ4v) is 2.61. The Morgan fingerprint density at radius 1 is 1.17 bits per heavy atom. The lowest BCUT2D eigenvalue weighted by atomic mass is 10.1. The van der Waals surface area contributed by atoms with Crippen molar-refractivity contribution in [1.82, 2.24) is 15.6 Å². The van der Waals surface area contributed by atoms with Gasteiger partial charge in [-0.05, 0) is 45.4 Å². The second-order valence-corrected chi connectivity index (χ2v) is 7.47. The van der Waals surface area contributed by atoms with Gasteiger partial charge in [0.25, 0.3) is 0 Å². The molecule has 0 fully saturated rings. The number of fused-ring (bicyclic) bond motifs is 1. The lowest BCUT2D eigenvalue weighted by Crippen LogP contribution is -2.47. The second kappa shape index (κ2) is 9.86. The average molecular weight is 401 g/mol. The van der Waals surface area contributed by atoms with E-state index in [4.69, 9.17) is 9.47 Å². The van der Waals surface area contributed by atoms with Gasteiger partial charge in [-0.3, -0.25) is 9.78 Å². The summed E-state index contributed by atoms with van der Waals surface area (Å²) in [5.41, 5.74) is 0.952. The number of nitrogens with one attached hydrogen (secondary N) is 2. The highest BCUT2D eigenvalue weighted by Crippen LogP contribution is 2.14. The number of aromatic nitrogens is 1. The SMILES string of the molecule is CCOC(=O)C(Cc1cnc2ccccc2c1)NC(=O)CNC(=O)OC(C)(C)C. The van der Waals surface area contributed by atoms with Gasteiger partial charge in [0.1, 0.15) is 18.2 Å². The number of esters is 1. The van der Waals surface area contributed by atoms with Crippen molar-refractivity contribution >= 4 is 28.9 Å². The molecule has 0 saturated carbocycles. The number of pyridine rings is 1. The van der Waals surface area contributed by atoms with E-state index in [1.165, 1.54) is 0 Å². The molecule has 8 nitrogen and oxygen atoms in total. The van der Waals surface area contributed by atoms with Gasteiger partial charge in [0.2, 0.25) is 5.91 Å². The summed E-state index contributed by atoms with van der Waals surface area (Å²) in [5.74, 6) is -1.08. The van der Waals surface area contributed by atoms with Crippen molar-refractivity contribution in [3.05, 3.63) is 42.1 Å². The zero-order chi connectivity index (χ0) is 21.4. The van der Waals surface area contributed by atoms with E-state index in [0.717, 1.165) is 16.5 Å². The van der Waals surface area contributed by atoms with Crippen molar-refractivity contribution in [3.63, 3.8) is 0 Å². The first-order valence-corrected chi connectivity index (χ1v) is 9.44. The Balaban J connectivity index is 2.02. The smallest absolute Gasteiger partial charge is 0.408 e. The van der Waals surface area contributed by atoms with Crippen LogP contribution in [-0.4, -0.2) is 47.7 Å². The molecule has 1 aromatic heterocycles. The molecule has 2 rings (SSSR count). The van der Waals surface area contributed by atoms with Crippen molar-refractivity contribution in [2.45, 2.75) is 45.8 Å². The number of benzene rings is 1. The fourth-order valence-electron chi connectivity index (χ4n) is 2.61. The van der Waals surface area contributed by atoms with Gasteiger partial charge in [0.05, 0.1) is 12.1 Å². The summed E-state index contributed by atoms with van der Waals surface area (Å²) in [7, 11) is 0. The maximum Gasteiger partial charge on any atom is 0.408 e. The minimum Gasteiger partial charge on any atom is -0.464 e. The first kappa shape index (κ1) is 22.1. The van der Waals surface area contributed by atoms with Gasteiger partial charge in [-0.1, -0.05) is 18.2 Å². The third-order valence-electron chi connectivity index (χ3n) is 3.79. The first-order valence-electron chi connectivity index (χ1n) is 9.44. The highest BCUT2D eigenvalue weighted by atomic mass is 16.6. The molecular formula is C21H27N3O5. The van der Waals surface area contributed by atoms with Crippen molar-refractivity contribution in [1.29, 1.82) is 0 Å². The summed E-state index contributed by atoms with van der Waals surface area (Å²) in [6.07, 6.45) is 1.17. The average Bonchev–Trinajstić information content (AvgIpc) is 2.64. The number of amides is 2. The molecule has 0 radical (unpaired) electrons. The summed E-state index contributed by atoms with van der Waals surface area (Å²) in [5, 5.41) is 5.91. The van der Waals surface area contributed by atoms with Gasteiger partial charge in [-0.2, -0.15) is 0 Å². The van der Waals surface area contributed by atoms with Crippen molar-refractivity contribution in [3.8, 4) is 0 Å². The lowest BCUT2D eigenvalue weighted by molar-refractivity contribution is -0.147. The summed E-state index contributed by atoms with van der Waals surface area (Å²) in [4.78, 5) is 40.6. The maximum absolute atomic E-state index is 12.3. The van der Waals surface area contributed by atoms with Crippen LogP contribution in [0.3, 0.4) is 0 Å². The Bertz CT molecular complexity index is 876. The molecule has 1 atom stereocenters. The maximum atomic E-state index is 12.3. The number of alkyl carbamates (subject to hydrolysis) is 1. The predicted molar refractivity (Wildman–Crippen MR) is 108 cm³/mol. The van der Waals surface area contributed by atoms with E-state index < -0.39 is 29.6 Å². The van der Waals surface area contributed by atoms with Crippen LogP contribution in [0.2, 0.25) is 0 Å². The van der Waals surface area contributed by atoms with Gasteiger partial charge in [0, 0.05) is 18.0 Å². The Morgan fingerprint density at radius 2 is 1.90 bits per heavy atom. The van der Waals surface area contributed by atoms with Crippen molar-refractivity contribution in [2.24, 2.45) is 0 Å². The van der Waals surface area contributed by atoms with Crippen LogP contribution in [0.4, 0.5) is 4.79 Å². The zero-order valence-corrected chi connectivity index (χ0v) is 17.2. The van der Waals surface area contributed by atoms with E-state index in [2.05, 4.69) is 15.6 Å². The highest BCUT2D eigenvalue weighted by molar-refractivity contribution is 5.87. The van der Waals surface area contributed by atoms with Gasteiger partial charge in [-0.15, -0.1) is 0 Å². The molecule has 1 heterocycles. The molecule has 2 N–H and O–H groups in total. The molecule has 1 aromatic carbocycles. The van der Waals surface area contributed by atoms with E-state index in [1.807, 2.05) is 30.3 Å². The number of carbonyl (C=O) groups excluding carboxylic acids is 3. The molecule has 8 heteroatoms. The second-order valence-electron chi connectivity index (χ2n) is 7.47. The molecule has 0 bridgehead atoms. The topological polar surface area (TPSA) is 107 Å². The Labute approximate surface area is 170 Å². The summed E-state index contributed by atoms with van der Waals surface area (Å²) >= 11 is 0. The van der Waals surface area contributed by atoms with E-state index >= 15 is 0 Å². The Morgan fingerprint density at radius 3 is 2.59 bits per heavy atom. The third kappa shape index (κ3) is 7.40. The van der Waals surface area contributed by atoms with Gasteiger partial charge >= 0.3 is 12.1 Å². The zero-order valence-electron chi connectivity index (χ0n) is 17.2.